The second-order valence-electron chi connectivity index (χ2n) is 5.15. The fourth-order valence-corrected chi connectivity index (χ4v) is 1.95. The molecular weight excluding hydrogens is 264 g/mol. The number of amides is 1. The van der Waals surface area contributed by atoms with Gasteiger partial charge in [0.1, 0.15) is 5.75 Å². The molecule has 1 aromatic carbocycles. The average Bonchev–Trinajstić information content (AvgIpc) is 2.46. The molecule has 0 spiro atoms. The summed E-state index contributed by atoms with van der Waals surface area (Å²) in [6, 6.07) is 11.4. The molecule has 0 saturated heterocycles. The Hall–Kier alpha value is -2.36. The minimum Gasteiger partial charge on any atom is -0.484 e. The number of nitrogens with one attached hydrogen (secondary N) is 1. The van der Waals surface area contributed by atoms with Gasteiger partial charge in [0.2, 0.25) is 0 Å². The zero-order valence-corrected chi connectivity index (χ0v) is 12.6. The van der Waals surface area contributed by atoms with Crippen LogP contribution in [-0.2, 0) is 4.79 Å². The average molecular weight is 284 g/mol. The number of pyridine rings is 1. The maximum Gasteiger partial charge on any atom is 0.258 e. The monoisotopic (exact) mass is 284 g/mol. The lowest BCUT2D eigenvalue weighted by Crippen LogP contribution is -2.31. The minimum absolute atomic E-state index is 0.000343. The van der Waals surface area contributed by atoms with E-state index < -0.39 is 0 Å². The van der Waals surface area contributed by atoms with Crippen LogP contribution in [0.3, 0.4) is 0 Å². The van der Waals surface area contributed by atoms with Crippen LogP contribution in [0.25, 0.3) is 0 Å². The van der Waals surface area contributed by atoms with Gasteiger partial charge >= 0.3 is 0 Å². The summed E-state index contributed by atoms with van der Waals surface area (Å²) in [6.45, 7) is 5.87. The molecule has 0 aliphatic rings. The van der Waals surface area contributed by atoms with Crippen LogP contribution < -0.4 is 10.1 Å². The number of carbonyl (C=O) groups is 1. The van der Waals surface area contributed by atoms with Gasteiger partial charge in [0.05, 0.1) is 11.7 Å². The van der Waals surface area contributed by atoms with E-state index in [2.05, 4.69) is 10.3 Å². The van der Waals surface area contributed by atoms with Crippen molar-refractivity contribution in [1.29, 1.82) is 0 Å². The molecule has 4 nitrogen and oxygen atoms in total. The third-order valence-corrected chi connectivity index (χ3v) is 3.11. The number of benzene rings is 1. The van der Waals surface area contributed by atoms with Crippen LogP contribution in [0.2, 0.25) is 0 Å². The first-order valence-electron chi connectivity index (χ1n) is 6.96. The molecule has 21 heavy (non-hydrogen) atoms. The molecule has 2 rings (SSSR count). The summed E-state index contributed by atoms with van der Waals surface area (Å²) in [4.78, 5) is 16.2. The van der Waals surface area contributed by atoms with Crippen molar-refractivity contribution in [2.24, 2.45) is 0 Å². The molecule has 0 fully saturated rings. The van der Waals surface area contributed by atoms with Crippen LogP contribution in [0.1, 0.15) is 29.8 Å². The van der Waals surface area contributed by atoms with Gasteiger partial charge in [0.25, 0.3) is 5.91 Å². The van der Waals surface area contributed by atoms with Gasteiger partial charge < -0.3 is 10.1 Å². The van der Waals surface area contributed by atoms with Crippen LogP contribution in [0.4, 0.5) is 0 Å². The Morgan fingerprint density at radius 1 is 1.24 bits per heavy atom. The SMILES string of the molecule is Cc1ccc([C@@H](C)NC(=O)COc2cccc(C)c2)nc1. The number of hydrogen-bond acceptors (Lipinski definition) is 3. The molecule has 0 radical (unpaired) electrons. The normalized spacial score (nSPS) is 11.8. The standard InChI is InChI=1S/C17H20N2O2/c1-12-5-4-6-15(9-12)21-11-17(20)19-14(3)16-8-7-13(2)10-18-16/h4-10,14H,11H2,1-3H3,(H,19,20)/t14-/m1/s1. The van der Waals surface area contributed by atoms with E-state index >= 15 is 0 Å². The molecule has 1 aromatic heterocycles. The third-order valence-electron chi connectivity index (χ3n) is 3.11. The molecule has 110 valence electrons. The van der Waals surface area contributed by atoms with Gasteiger partial charge in [0, 0.05) is 6.20 Å². The summed E-state index contributed by atoms with van der Waals surface area (Å²) in [5.74, 6) is 0.539. The molecule has 0 bridgehead atoms. The first kappa shape index (κ1) is 15.0. The Morgan fingerprint density at radius 3 is 2.71 bits per heavy atom. The van der Waals surface area contributed by atoms with E-state index in [0.717, 1.165) is 16.8 Å². The fraction of sp³-hybridized carbons (Fsp3) is 0.294. The lowest BCUT2D eigenvalue weighted by Gasteiger charge is -2.14. The highest BCUT2D eigenvalue weighted by Gasteiger charge is 2.11. The first-order chi connectivity index (χ1) is 10.0. The molecule has 0 saturated carbocycles. The van der Waals surface area contributed by atoms with Crippen molar-refractivity contribution in [3.05, 3.63) is 59.4 Å². The van der Waals surface area contributed by atoms with Gasteiger partial charge in [-0.3, -0.25) is 9.78 Å². The topological polar surface area (TPSA) is 51.2 Å². The second kappa shape index (κ2) is 6.88. The van der Waals surface area contributed by atoms with Gasteiger partial charge in [-0.05, 0) is 50.1 Å². The van der Waals surface area contributed by atoms with Crippen LogP contribution in [-0.4, -0.2) is 17.5 Å². The number of hydrogen-bond donors (Lipinski definition) is 1. The van der Waals surface area contributed by atoms with Crippen LogP contribution in [0.5, 0.6) is 5.75 Å². The van der Waals surface area contributed by atoms with E-state index in [9.17, 15) is 4.79 Å². The van der Waals surface area contributed by atoms with Gasteiger partial charge in [-0.1, -0.05) is 18.2 Å². The lowest BCUT2D eigenvalue weighted by molar-refractivity contribution is -0.123. The van der Waals surface area contributed by atoms with E-state index in [0.29, 0.717) is 5.75 Å². The van der Waals surface area contributed by atoms with Gasteiger partial charge in [-0.2, -0.15) is 0 Å². The second-order valence-corrected chi connectivity index (χ2v) is 5.15. The highest BCUT2D eigenvalue weighted by atomic mass is 16.5. The summed E-state index contributed by atoms with van der Waals surface area (Å²) < 4.78 is 5.47. The summed E-state index contributed by atoms with van der Waals surface area (Å²) >= 11 is 0. The van der Waals surface area contributed by atoms with Crippen molar-refractivity contribution in [3.63, 3.8) is 0 Å². The molecule has 1 atom stereocenters. The zero-order chi connectivity index (χ0) is 15.2. The highest BCUT2D eigenvalue weighted by molar-refractivity contribution is 5.77. The van der Waals surface area contributed by atoms with E-state index in [-0.39, 0.29) is 18.6 Å². The quantitative estimate of drug-likeness (QED) is 0.918. The van der Waals surface area contributed by atoms with Gasteiger partial charge in [-0.25, -0.2) is 0 Å². The molecule has 0 aliphatic heterocycles. The van der Waals surface area contributed by atoms with Crippen molar-refractivity contribution in [1.82, 2.24) is 10.3 Å². The van der Waals surface area contributed by atoms with E-state index in [4.69, 9.17) is 4.74 Å². The Balaban J connectivity index is 1.85. The minimum atomic E-state index is -0.161. The maximum atomic E-state index is 11.9. The summed E-state index contributed by atoms with van der Waals surface area (Å²) in [6.07, 6.45) is 1.79. The number of carbonyl (C=O) groups excluding carboxylic acids is 1. The molecule has 0 unspecified atom stereocenters. The molecule has 2 aromatic rings. The number of nitrogens with zero attached hydrogens (tertiary/aromatic N) is 1. The molecule has 1 heterocycles. The number of aromatic nitrogens is 1. The maximum absolute atomic E-state index is 11.9. The smallest absolute Gasteiger partial charge is 0.258 e. The van der Waals surface area contributed by atoms with E-state index in [1.165, 1.54) is 0 Å². The fourth-order valence-electron chi connectivity index (χ4n) is 1.95. The van der Waals surface area contributed by atoms with Crippen LogP contribution in [0, 0.1) is 13.8 Å². The van der Waals surface area contributed by atoms with Gasteiger partial charge in [0.15, 0.2) is 6.61 Å². The van der Waals surface area contributed by atoms with Gasteiger partial charge in [-0.15, -0.1) is 0 Å². The van der Waals surface area contributed by atoms with E-state index in [1.807, 2.05) is 57.2 Å². The Kier molecular flexibility index (Phi) is 4.93. The highest BCUT2D eigenvalue weighted by Crippen LogP contribution is 2.13. The third kappa shape index (κ3) is 4.60. The van der Waals surface area contributed by atoms with Crippen molar-refractivity contribution in [2.45, 2.75) is 26.8 Å². The zero-order valence-electron chi connectivity index (χ0n) is 12.6. The Labute approximate surface area is 125 Å². The van der Waals surface area contributed by atoms with Crippen LogP contribution in [0.15, 0.2) is 42.6 Å². The van der Waals surface area contributed by atoms with E-state index in [1.54, 1.807) is 6.20 Å². The Morgan fingerprint density at radius 2 is 2.05 bits per heavy atom. The molecular formula is C17H20N2O2. The van der Waals surface area contributed by atoms with Crippen LogP contribution >= 0.6 is 0 Å². The molecule has 0 aliphatic carbocycles. The summed E-state index contributed by atoms with van der Waals surface area (Å²) in [5, 5.41) is 2.87. The number of aryl methyl sites for hydroxylation is 2. The molecule has 1 N–H and O–H groups in total. The lowest BCUT2D eigenvalue weighted by atomic mass is 10.2. The van der Waals surface area contributed by atoms with Crippen molar-refractivity contribution >= 4 is 5.91 Å². The molecule has 1 amide bonds. The summed E-state index contributed by atoms with van der Waals surface area (Å²) in [5.41, 5.74) is 3.04. The largest absolute Gasteiger partial charge is 0.484 e. The number of rotatable bonds is 5. The Bertz CT molecular complexity index is 608. The predicted octanol–water partition coefficient (Wildman–Crippen LogP) is 2.95. The van der Waals surface area contributed by atoms with Crippen molar-refractivity contribution in [2.75, 3.05) is 6.61 Å². The summed E-state index contributed by atoms with van der Waals surface area (Å²) in [7, 11) is 0. The number of ether oxygens (including phenoxy) is 1. The first-order valence-corrected chi connectivity index (χ1v) is 6.96. The van der Waals surface area contributed by atoms with Crippen molar-refractivity contribution < 1.29 is 9.53 Å². The molecule has 4 heteroatoms. The predicted molar refractivity (Wildman–Crippen MR) is 82.2 cm³/mol. The van der Waals surface area contributed by atoms with Crippen molar-refractivity contribution in [3.8, 4) is 5.75 Å².